The summed E-state index contributed by atoms with van der Waals surface area (Å²) >= 11 is 0. The lowest BCUT2D eigenvalue weighted by atomic mass is 10.0. The molecule has 620 valence electrons. The summed E-state index contributed by atoms with van der Waals surface area (Å²) < 4.78 is 51.1. The molecule has 0 saturated carbocycles. The molecule has 6 rings (SSSR count). The van der Waals surface area contributed by atoms with Crippen LogP contribution in [0, 0.1) is 0 Å². The van der Waals surface area contributed by atoms with Gasteiger partial charge in [-0.2, -0.15) is 0 Å². The normalized spacial score (nSPS) is 11.6. The van der Waals surface area contributed by atoms with E-state index in [1.54, 1.807) is 18.2 Å². The molecular formula is C99H134O15. The molecule has 6 aromatic carbocycles. The van der Waals surface area contributed by atoms with E-state index in [-0.39, 0.29) is 50.4 Å². The Morgan fingerprint density at radius 3 is 0.728 bits per heavy atom. The molecule has 114 heavy (non-hydrogen) atoms. The first-order chi connectivity index (χ1) is 56.0. The van der Waals surface area contributed by atoms with Gasteiger partial charge in [-0.05, 0) is 162 Å². The predicted octanol–water partition coefficient (Wildman–Crippen LogP) is 25.2. The summed E-state index contributed by atoms with van der Waals surface area (Å²) in [4.78, 5) is 76.5. The van der Waals surface area contributed by atoms with Gasteiger partial charge in [-0.3, -0.25) is 14.4 Å². The highest BCUT2D eigenvalue weighted by Crippen LogP contribution is 2.28. The molecule has 0 aliphatic rings. The summed E-state index contributed by atoms with van der Waals surface area (Å²) in [5.74, 6) is 0.318. The highest BCUT2D eigenvalue weighted by Gasteiger charge is 2.20. The van der Waals surface area contributed by atoms with Crippen LogP contribution in [0.1, 0.15) is 288 Å². The van der Waals surface area contributed by atoms with Crippen molar-refractivity contribution in [3.8, 4) is 50.6 Å². The Balaban J connectivity index is 0.802. The van der Waals surface area contributed by atoms with Crippen LogP contribution >= 0.6 is 0 Å². The van der Waals surface area contributed by atoms with Crippen molar-refractivity contribution in [2.24, 2.45) is 0 Å². The molecule has 15 heteroatoms. The molecule has 15 nitrogen and oxygen atoms in total. The number of hydrogen-bond acceptors (Lipinski definition) is 15. The number of carbonyl (C=O) groups excluding carboxylic acids is 6. The molecule has 0 aliphatic carbocycles. The molecule has 0 saturated heterocycles. The van der Waals surface area contributed by atoms with Crippen LogP contribution in [-0.4, -0.2) is 94.8 Å². The van der Waals surface area contributed by atoms with E-state index in [1.165, 1.54) is 95.3 Å². The van der Waals surface area contributed by atoms with Crippen molar-refractivity contribution in [2.75, 3.05) is 52.9 Å². The lowest BCUT2D eigenvalue weighted by molar-refractivity contribution is -0.167. The molecule has 0 atom stereocenters. The number of esters is 6. The summed E-state index contributed by atoms with van der Waals surface area (Å²) in [5, 5.41) is 0. The quantitative estimate of drug-likeness (QED) is 0.0152. The Kier molecular flexibility index (Phi) is 50.3. The minimum absolute atomic E-state index is 0.187. The van der Waals surface area contributed by atoms with Crippen molar-refractivity contribution in [1.82, 2.24) is 0 Å². The lowest BCUT2D eigenvalue weighted by Crippen LogP contribution is -2.30. The maximum atomic E-state index is 13.1. The van der Waals surface area contributed by atoms with Gasteiger partial charge in [0, 0.05) is 37.5 Å². The summed E-state index contributed by atoms with van der Waals surface area (Å²) in [6, 6.07) is 48.7. The van der Waals surface area contributed by atoms with E-state index < -0.39 is 24.0 Å². The van der Waals surface area contributed by atoms with Crippen LogP contribution in [-0.2, 0) is 57.2 Å². The van der Waals surface area contributed by atoms with Gasteiger partial charge in [0.2, 0.25) is 0 Å². The second-order valence-electron chi connectivity index (χ2n) is 29.9. The monoisotopic (exact) mass is 1560 g/mol. The predicted molar refractivity (Wildman–Crippen MR) is 461 cm³/mol. The van der Waals surface area contributed by atoms with Gasteiger partial charge in [0.05, 0.1) is 39.6 Å². The van der Waals surface area contributed by atoms with E-state index in [2.05, 4.69) is 57.2 Å². The van der Waals surface area contributed by atoms with Gasteiger partial charge in [-0.1, -0.05) is 303 Å². The zero-order chi connectivity index (χ0) is 80.8. The summed E-state index contributed by atoms with van der Waals surface area (Å²) in [5.41, 5.74) is 9.31. The Bertz CT molecular complexity index is 3470. The second-order valence-corrected chi connectivity index (χ2v) is 29.9. The molecule has 0 radical (unpaired) electrons. The van der Waals surface area contributed by atoms with Crippen molar-refractivity contribution in [2.45, 2.75) is 277 Å². The zero-order valence-electron chi connectivity index (χ0n) is 69.3. The molecule has 0 fully saturated rings. The topological polar surface area (TPSA) is 185 Å². The van der Waals surface area contributed by atoms with Crippen molar-refractivity contribution >= 4 is 54.0 Å². The number of carbonyl (C=O) groups is 6. The molecule has 6 aromatic rings. The lowest BCUT2D eigenvalue weighted by Gasteiger charge is -2.18. The van der Waals surface area contributed by atoms with E-state index in [1.807, 2.05) is 109 Å². The van der Waals surface area contributed by atoms with E-state index in [0.29, 0.717) is 39.1 Å². The zero-order valence-corrected chi connectivity index (χ0v) is 69.3. The Labute approximate surface area is 683 Å². The van der Waals surface area contributed by atoms with E-state index in [9.17, 15) is 28.8 Å². The van der Waals surface area contributed by atoms with E-state index in [0.717, 1.165) is 222 Å². The smallest absolute Gasteiger partial charge is 0.330 e. The van der Waals surface area contributed by atoms with Crippen LogP contribution in [0.15, 0.2) is 164 Å². The van der Waals surface area contributed by atoms with Gasteiger partial charge < -0.3 is 42.6 Å². The van der Waals surface area contributed by atoms with Gasteiger partial charge in [-0.25, -0.2) is 14.4 Å². The van der Waals surface area contributed by atoms with Crippen LogP contribution in [0.2, 0.25) is 0 Å². The first kappa shape index (κ1) is 93.6. The van der Waals surface area contributed by atoms with Gasteiger partial charge in [0.15, 0.2) is 6.10 Å². The minimum atomic E-state index is -0.928. The fourth-order valence-corrected chi connectivity index (χ4v) is 13.1. The molecule has 0 bridgehead atoms. The average Bonchev–Trinajstić information content (AvgIpc) is 0.864. The summed E-state index contributed by atoms with van der Waals surface area (Å²) in [7, 11) is 0. The van der Waals surface area contributed by atoms with Gasteiger partial charge >= 0.3 is 35.8 Å². The summed E-state index contributed by atoms with van der Waals surface area (Å²) in [6.07, 6.45) is 45.9. The standard InChI is InChI=1S/C99H134O15/c1-4-7-10-25-34-73-106-90-64-58-87(59-65-90)84-52-43-81(44-53-84)49-70-96(102)109-76-37-28-19-13-16-22-31-40-94(100)112-79-93(114-99(105)42-33-24-18-15-21-30-39-78-111-98(104)72-51-83-47-56-86(57-48-83)89-62-68-92(69-63-89)108-75-36-27-12-9-6-3)80-113-95(101)41-32-23-17-14-20-29-38-77-110-97(103)71-50-82-45-54-85(55-46-82)88-60-66-91(67-61-88)107-74-35-26-11-8-5-2/h43-72,93H,4-42,73-80H2,1-3H3. The molecule has 0 aromatic heterocycles. The van der Waals surface area contributed by atoms with Crippen LogP contribution in [0.4, 0.5) is 0 Å². The highest BCUT2D eigenvalue weighted by atomic mass is 16.6. The van der Waals surface area contributed by atoms with Crippen molar-refractivity contribution in [3.63, 3.8) is 0 Å². The Morgan fingerprint density at radius 1 is 0.246 bits per heavy atom. The highest BCUT2D eigenvalue weighted by molar-refractivity contribution is 5.88. The molecule has 0 heterocycles. The Hall–Kier alpha value is -9.24. The third-order valence-electron chi connectivity index (χ3n) is 20.0. The molecule has 0 N–H and O–H groups in total. The molecule has 0 spiro atoms. The average molecular weight is 1560 g/mol. The number of ether oxygens (including phenoxy) is 9. The van der Waals surface area contributed by atoms with Crippen LogP contribution in [0.3, 0.4) is 0 Å². The van der Waals surface area contributed by atoms with Crippen LogP contribution in [0.25, 0.3) is 51.6 Å². The first-order valence-corrected chi connectivity index (χ1v) is 43.5. The third kappa shape index (κ3) is 44.4. The van der Waals surface area contributed by atoms with Crippen molar-refractivity contribution in [1.29, 1.82) is 0 Å². The molecule has 0 amide bonds. The maximum Gasteiger partial charge on any atom is 0.330 e. The Morgan fingerprint density at radius 2 is 0.465 bits per heavy atom. The first-order valence-electron chi connectivity index (χ1n) is 43.5. The fourth-order valence-electron chi connectivity index (χ4n) is 13.1. The van der Waals surface area contributed by atoms with Crippen molar-refractivity contribution in [3.05, 3.63) is 181 Å². The van der Waals surface area contributed by atoms with E-state index in [4.69, 9.17) is 42.6 Å². The van der Waals surface area contributed by atoms with Crippen LogP contribution in [0.5, 0.6) is 17.2 Å². The van der Waals surface area contributed by atoms with Crippen molar-refractivity contribution < 1.29 is 71.4 Å². The SMILES string of the molecule is CCCCCCCOc1ccc(-c2ccc(C=CC(=O)OCCCCCCCCCC(=O)OCC(COC(=O)CCCCCCCCCOC(=O)C=Cc3ccc(-c4ccc(OCCCCCCC)cc4)cc3)OC(=O)CCCCCCCCCOC(=O)C=Cc3ccc(-c4ccc(OCCCCCCC)cc4)cc3)cc2)cc1. The van der Waals surface area contributed by atoms with E-state index >= 15 is 0 Å². The minimum Gasteiger partial charge on any atom is -0.494 e. The number of rotatable bonds is 65. The number of hydrogen-bond donors (Lipinski definition) is 0. The van der Waals surface area contributed by atoms with Gasteiger partial charge in [0.25, 0.3) is 0 Å². The number of unbranched alkanes of at least 4 members (excludes halogenated alkanes) is 30. The van der Waals surface area contributed by atoms with Gasteiger partial charge in [0.1, 0.15) is 30.5 Å². The fraction of sp³-hybridized carbons (Fsp3) is 0.515. The molecular weight excluding hydrogens is 1430 g/mol. The van der Waals surface area contributed by atoms with Gasteiger partial charge in [-0.15, -0.1) is 0 Å². The summed E-state index contributed by atoms with van der Waals surface area (Å²) in [6.45, 7) is 9.52. The largest absolute Gasteiger partial charge is 0.494 e. The third-order valence-corrected chi connectivity index (χ3v) is 20.0. The maximum absolute atomic E-state index is 13.1. The number of benzene rings is 6. The molecule has 0 unspecified atom stereocenters. The van der Waals surface area contributed by atoms with Crippen LogP contribution < -0.4 is 14.2 Å². The second kappa shape index (κ2) is 61.2. The molecule has 0 aliphatic heterocycles.